The van der Waals surface area contributed by atoms with Crippen molar-refractivity contribution < 1.29 is 0 Å². The highest BCUT2D eigenvalue weighted by Crippen LogP contribution is 2.60. The van der Waals surface area contributed by atoms with Crippen molar-refractivity contribution in [2.45, 2.75) is 62.2 Å². The summed E-state index contributed by atoms with van der Waals surface area (Å²) in [6, 6.07) is 0.841. The molecule has 0 amide bonds. The second-order valence-electron chi connectivity index (χ2n) is 7.20. The number of nitrogens with one attached hydrogen (secondary N) is 1. The lowest BCUT2D eigenvalue weighted by molar-refractivity contribution is 0.0383. The first-order valence-corrected chi connectivity index (χ1v) is 8.67. The molecule has 5 fully saturated rings. The highest BCUT2D eigenvalue weighted by Gasteiger charge is 2.51. The van der Waals surface area contributed by atoms with Gasteiger partial charge in [0.05, 0.1) is 0 Å². The van der Waals surface area contributed by atoms with Crippen LogP contribution in [0.25, 0.3) is 0 Å². The van der Waals surface area contributed by atoms with Gasteiger partial charge in [0.15, 0.2) is 0 Å². The molecule has 2 heteroatoms. The predicted molar refractivity (Wildman–Crippen MR) is 74.4 cm³/mol. The van der Waals surface area contributed by atoms with Gasteiger partial charge in [-0.1, -0.05) is 0 Å². The number of hydrogen-bond donors (Lipinski definition) is 1. The van der Waals surface area contributed by atoms with Crippen molar-refractivity contribution in [3.05, 3.63) is 0 Å². The minimum absolute atomic E-state index is 0.735. The van der Waals surface area contributed by atoms with Gasteiger partial charge in [-0.2, -0.15) is 11.8 Å². The topological polar surface area (TPSA) is 12.0 Å². The molecule has 4 aliphatic carbocycles. The Hall–Kier alpha value is 0.310. The Bertz CT molecular complexity index is 260. The Labute approximate surface area is 109 Å². The molecule has 5 rings (SSSR count). The molecule has 1 N–H and O–H groups in total. The summed E-state index contributed by atoms with van der Waals surface area (Å²) in [4.78, 5) is 0. The molecule has 0 aromatic carbocycles. The number of rotatable bonds is 3. The van der Waals surface area contributed by atoms with E-state index < -0.39 is 0 Å². The number of hydrogen-bond acceptors (Lipinski definition) is 2. The van der Waals surface area contributed by atoms with E-state index in [1.54, 1.807) is 38.5 Å². The van der Waals surface area contributed by atoms with E-state index in [4.69, 9.17) is 0 Å². The molecule has 17 heavy (non-hydrogen) atoms. The first-order chi connectivity index (χ1) is 8.31. The Morgan fingerprint density at radius 2 is 1.65 bits per heavy atom. The van der Waals surface area contributed by atoms with Crippen LogP contribution in [0.15, 0.2) is 0 Å². The molecule has 4 bridgehead atoms. The van der Waals surface area contributed by atoms with E-state index >= 15 is 0 Å². The van der Waals surface area contributed by atoms with Gasteiger partial charge in [-0.15, -0.1) is 0 Å². The third-order valence-corrected chi connectivity index (χ3v) is 7.42. The maximum Gasteiger partial charge on any atom is 0.0168 e. The molecule has 1 saturated heterocycles. The van der Waals surface area contributed by atoms with Crippen molar-refractivity contribution in [2.24, 2.45) is 17.8 Å². The van der Waals surface area contributed by atoms with E-state index in [1.807, 2.05) is 0 Å². The van der Waals surface area contributed by atoms with Gasteiger partial charge in [-0.25, -0.2) is 0 Å². The van der Waals surface area contributed by atoms with E-state index in [1.165, 1.54) is 25.1 Å². The molecule has 0 radical (unpaired) electrons. The van der Waals surface area contributed by atoms with Crippen LogP contribution < -0.4 is 5.32 Å². The highest BCUT2D eigenvalue weighted by molar-refractivity contribution is 8.00. The minimum Gasteiger partial charge on any atom is -0.313 e. The van der Waals surface area contributed by atoms with Gasteiger partial charge in [0.2, 0.25) is 0 Å². The Balaban J connectivity index is 1.42. The number of thioether (sulfide) groups is 1. The molecule has 1 nitrogen and oxygen atoms in total. The van der Waals surface area contributed by atoms with Crippen LogP contribution in [-0.2, 0) is 0 Å². The normalized spacial score (nSPS) is 52.2. The molecule has 1 aliphatic heterocycles. The zero-order valence-corrected chi connectivity index (χ0v) is 11.6. The highest BCUT2D eigenvalue weighted by atomic mass is 32.2. The SMILES string of the molecule is C1CNC(CSC23CC4CC(CC(C4)C2)C3)C1. The maximum absolute atomic E-state index is 3.67. The van der Waals surface area contributed by atoms with Gasteiger partial charge >= 0.3 is 0 Å². The van der Waals surface area contributed by atoms with Crippen LogP contribution in [0.3, 0.4) is 0 Å². The van der Waals surface area contributed by atoms with Crippen molar-refractivity contribution in [1.29, 1.82) is 0 Å². The van der Waals surface area contributed by atoms with Gasteiger partial charge < -0.3 is 5.32 Å². The molecule has 1 heterocycles. The zero-order valence-electron chi connectivity index (χ0n) is 10.8. The fourth-order valence-corrected chi connectivity index (χ4v) is 7.28. The summed E-state index contributed by atoms with van der Waals surface area (Å²) in [7, 11) is 0. The van der Waals surface area contributed by atoms with Gasteiger partial charge in [-0.3, -0.25) is 0 Å². The minimum atomic E-state index is 0.735. The fraction of sp³-hybridized carbons (Fsp3) is 1.00. The summed E-state index contributed by atoms with van der Waals surface area (Å²) in [5.41, 5.74) is 0. The van der Waals surface area contributed by atoms with Crippen LogP contribution in [-0.4, -0.2) is 23.1 Å². The molecule has 1 unspecified atom stereocenters. The molecule has 0 aromatic heterocycles. The summed E-state index contributed by atoms with van der Waals surface area (Å²) < 4.78 is 0.735. The predicted octanol–water partition coefficient (Wildman–Crippen LogP) is 3.44. The van der Waals surface area contributed by atoms with Crippen LogP contribution in [0, 0.1) is 17.8 Å². The van der Waals surface area contributed by atoms with Gasteiger partial charge in [0.1, 0.15) is 0 Å². The van der Waals surface area contributed by atoms with Crippen molar-refractivity contribution in [3.8, 4) is 0 Å². The molecule has 0 spiro atoms. The van der Waals surface area contributed by atoms with Crippen molar-refractivity contribution in [3.63, 3.8) is 0 Å². The Morgan fingerprint density at radius 1 is 1.00 bits per heavy atom. The molecule has 4 saturated carbocycles. The summed E-state index contributed by atoms with van der Waals surface area (Å²) in [6.07, 6.45) is 12.3. The van der Waals surface area contributed by atoms with Crippen molar-refractivity contribution in [1.82, 2.24) is 5.32 Å². The summed E-state index contributed by atoms with van der Waals surface area (Å²) in [5, 5.41) is 3.67. The summed E-state index contributed by atoms with van der Waals surface area (Å²) in [6.45, 7) is 1.27. The molecule has 0 aromatic rings. The second-order valence-corrected chi connectivity index (χ2v) is 8.69. The van der Waals surface area contributed by atoms with E-state index in [9.17, 15) is 0 Å². The molecule has 96 valence electrons. The van der Waals surface area contributed by atoms with Crippen LogP contribution in [0.1, 0.15) is 51.4 Å². The lowest BCUT2D eigenvalue weighted by atomic mass is 9.56. The maximum atomic E-state index is 3.67. The fourth-order valence-electron chi connectivity index (χ4n) is 5.38. The van der Waals surface area contributed by atoms with Crippen molar-refractivity contribution in [2.75, 3.05) is 12.3 Å². The zero-order chi connectivity index (χ0) is 11.3. The lowest BCUT2D eigenvalue weighted by Crippen LogP contribution is -2.49. The third kappa shape index (κ3) is 2.06. The van der Waals surface area contributed by atoms with Gasteiger partial charge in [0, 0.05) is 16.5 Å². The van der Waals surface area contributed by atoms with E-state index in [-0.39, 0.29) is 0 Å². The van der Waals surface area contributed by atoms with Crippen LogP contribution in [0.2, 0.25) is 0 Å². The third-order valence-electron chi connectivity index (χ3n) is 5.74. The summed E-state index contributed by atoms with van der Waals surface area (Å²) >= 11 is 2.37. The van der Waals surface area contributed by atoms with Crippen LogP contribution in [0.5, 0.6) is 0 Å². The van der Waals surface area contributed by atoms with Crippen LogP contribution >= 0.6 is 11.8 Å². The summed E-state index contributed by atoms with van der Waals surface area (Å²) in [5.74, 6) is 4.74. The van der Waals surface area contributed by atoms with E-state index in [0.717, 1.165) is 28.5 Å². The first-order valence-electron chi connectivity index (χ1n) is 7.69. The first kappa shape index (κ1) is 11.2. The van der Waals surface area contributed by atoms with Crippen molar-refractivity contribution >= 4 is 11.8 Å². The van der Waals surface area contributed by atoms with Gasteiger partial charge in [-0.05, 0) is 75.7 Å². The van der Waals surface area contributed by atoms with E-state index in [2.05, 4.69) is 17.1 Å². The molecular formula is C15H25NS. The smallest absolute Gasteiger partial charge is 0.0168 e. The molecule has 5 aliphatic rings. The lowest BCUT2D eigenvalue weighted by Gasteiger charge is -2.56. The standard InChI is InChI=1S/C15H25NS/c1-2-14(16-3-1)10-17-15-7-11-4-12(8-15)6-13(5-11)9-15/h11-14,16H,1-10H2. The average molecular weight is 251 g/mol. The second kappa shape index (κ2) is 4.16. The average Bonchev–Trinajstić information content (AvgIpc) is 2.77. The Morgan fingerprint density at radius 3 is 2.18 bits per heavy atom. The van der Waals surface area contributed by atoms with Crippen LogP contribution in [0.4, 0.5) is 0 Å². The monoisotopic (exact) mass is 251 g/mol. The molecule has 1 atom stereocenters. The quantitative estimate of drug-likeness (QED) is 0.824. The molecular weight excluding hydrogens is 226 g/mol. The Kier molecular flexibility index (Phi) is 2.73. The van der Waals surface area contributed by atoms with Gasteiger partial charge in [0.25, 0.3) is 0 Å². The largest absolute Gasteiger partial charge is 0.313 e. The van der Waals surface area contributed by atoms with E-state index in [0.29, 0.717) is 0 Å².